The van der Waals surface area contributed by atoms with Crippen molar-refractivity contribution in [2.75, 3.05) is 0 Å². The van der Waals surface area contributed by atoms with Crippen molar-refractivity contribution >= 4 is 23.1 Å². The van der Waals surface area contributed by atoms with Crippen LogP contribution in [0.15, 0.2) is 38.9 Å². The third kappa shape index (κ3) is 2.83. The second-order valence-corrected chi connectivity index (χ2v) is 5.43. The largest absolute Gasteiger partial charge is 0.433 e. The molecular formula is C11H5F3N2S2. The first-order valence-electron chi connectivity index (χ1n) is 4.70. The van der Waals surface area contributed by atoms with E-state index in [9.17, 15) is 13.2 Å². The first-order chi connectivity index (χ1) is 8.50. The van der Waals surface area contributed by atoms with E-state index >= 15 is 0 Å². The Kier molecular flexibility index (Phi) is 3.59. The average Bonchev–Trinajstić information content (AvgIpc) is 2.80. The molecule has 2 aromatic rings. The van der Waals surface area contributed by atoms with Gasteiger partial charge in [0.05, 0.1) is 9.77 Å². The van der Waals surface area contributed by atoms with Crippen LogP contribution < -0.4 is 0 Å². The minimum atomic E-state index is -4.50. The van der Waals surface area contributed by atoms with Gasteiger partial charge in [0.1, 0.15) is 16.8 Å². The van der Waals surface area contributed by atoms with E-state index in [4.69, 9.17) is 5.26 Å². The molecule has 18 heavy (non-hydrogen) atoms. The average molecular weight is 286 g/mol. The van der Waals surface area contributed by atoms with Crippen molar-refractivity contribution in [2.24, 2.45) is 0 Å². The topological polar surface area (TPSA) is 36.7 Å². The fraction of sp³-hybridized carbons (Fsp3) is 0.0909. The number of aromatic nitrogens is 1. The molecule has 7 heteroatoms. The molecule has 0 atom stereocenters. The highest BCUT2D eigenvalue weighted by molar-refractivity contribution is 8.01. The summed E-state index contributed by atoms with van der Waals surface area (Å²) in [4.78, 5) is 3.51. The molecule has 0 bridgehead atoms. The highest BCUT2D eigenvalue weighted by Crippen LogP contribution is 2.35. The molecule has 0 aliphatic rings. The van der Waals surface area contributed by atoms with Gasteiger partial charge in [-0.1, -0.05) is 17.8 Å². The van der Waals surface area contributed by atoms with Crippen LogP contribution in [0.5, 0.6) is 0 Å². The molecule has 0 aliphatic heterocycles. The Hall–Kier alpha value is -1.52. The van der Waals surface area contributed by atoms with Crippen LogP contribution in [0.3, 0.4) is 0 Å². The van der Waals surface area contributed by atoms with E-state index in [-0.39, 0.29) is 10.6 Å². The predicted octanol–water partition coefficient (Wildman–Crippen LogP) is 4.18. The summed E-state index contributed by atoms with van der Waals surface area (Å²) in [5, 5.41) is 10.7. The van der Waals surface area contributed by atoms with Gasteiger partial charge in [-0.25, -0.2) is 4.98 Å². The minimum absolute atomic E-state index is 0.0785. The summed E-state index contributed by atoms with van der Waals surface area (Å²) in [5.41, 5.74) is -0.845. The predicted molar refractivity (Wildman–Crippen MR) is 62.4 cm³/mol. The summed E-state index contributed by atoms with van der Waals surface area (Å²) in [6.45, 7) is 0. The van der Waals surface area contributed by atoms with Crippen molar-refractivity contribution in [1.29, 1.82) is 5.26 Å². The van der Waals surface area contributed by atoms with E-state index in [1.165, 1.54) is 11.3 Å². The number of rotatable bonds is 2. The molecule has 0 N–H and O–H groups in total. The van der Waals surface area contributed by atoms with Crippen LogP contribution in [0.25, 0.3) is 0 Å². The van der Waals surface area contributed by atoms with E-state index in [0.717, 1.165) is 28.1 Å². The Morgan fingerprint density at radius 3 is 2.61 bits per heavy atom. The first kappa shape index (κ1) is 12.9. The zero-order valence-corrected chi connectivity index (χ0v) is 10.4. The van der Waals surface area contributed by atoms with Gasteiger partial charge in [-0.3, -0.25) is 0 Å². The van der Waals surface area contributed by atoms with Gasteiger partial charge in [0.2, 0.25) is 0 Å². The monoisotopic (exact) mass is 286 g/mol. The zero-order chi connectivity index (χ0) is 13.2. The molecule has 0 saturated heterocycles. The van der Waals surface area contributed by atoms with Crippen molar-refractivity contribution in [3.63, 3.8) is 0 Å². The smallest absolute Gasteiger partial charge is 0.235 e. The van der Waals surface area contributed by atoms with Crippen LogP contribution in [0.4, 0.5) is 13.2 Å². The molecule has 0 spiro atoms. The Morgan fingerprint density at radius 1 is 1.28 bits per heavy atom. The standard InChI is InChI=1S/C11H5F3N2S2/c12-11(13,14)8-4-3-7(6-15)10(16-8)18-9-2-1-5-17-9/h1-5H. The normalized spacial score (nSPS) is 11.2. The Bertz CT molecular complexity index is 585. The van der Waals surface area contributed by atoms with Crippen LogP contribution in [-0.4, -0.2) is 4.98 Å². The number of pyridine rings is 1. The van der Waals surface area contributed by atoms with Crippen molar-refractivity contribution in [2.45, 2.75) is 15.4 Å². The number of alkyl halides is 3. The molecule has 0 aliphatic carbocycles. The van der Waals surface area contributed by atoms with Crippen LogP contribution in [0.1, 0.15) is 11.3 Å². The fourth-order valence-electron chi connectivity index (χ4n) is 1.18. The summed E-state index contributed by atoms with van der Waals surface area (Å²) < 4.78 is 38.4. The maximum absolute atomic E-state index is 12.5. The molecule has 0 unspecified atom stereocenters. The lowest BCUT2D eigenvalue weighted by Crippen LogP contribution is -2.08. The van der Waals surface area contributed by atoms with E-state index in [0.29, 0.717) is 0 Å². The lowest BCUT2D eigenvalue weighted by molar-refractivity contribution is -0.141. The lowest BCUT2D eigenvalue weighted by Gasteiger charge is -2.08. The van der Waals surface area contributed by atoms with Crippen molar-refractivity contribution in [3.8, 4) is 6.07 Å². The minimum Gasteiger partial charge on any atom is -0.235 e. The molecule has 2 nitrogen and oxygen atoms in total. The Balaban J connectivity index is 2.41. The second-order valence-electron chi connectivity index (χ2n) is 3.19. The quantitative estimate of drug-likeness (QED) is 0.830. The Morgan fingerprint density at radius 2 is 2.06 bits per heavy atom. The zero-order valence-electron chi connectivity index (χ0n) is 8.73. The molecule has 0 aromatic carbocycles. The molecule has 0 radical (unpaired) electrons. The molecular weight excluding hydrogens is 281 g/mol. The van der Waals surface area contributed by atoms with Gasteiger partial charge < -0.3 is 0 Å². The number of hydrogen-bond donors (Lipinski definition) is 0. The van der Waals surface area contributed by atoms with Crippen molar-refractivity contribution in [3.05, 3.63) is 40.9 Å². The third-order valence-electron chi connectivity index (χ3n) is 1.96. The molecule has 2 aromatic heterocycles. The summed E-state index contributed by atoms with van der Waals surface area (Å²) >= 11 is 2.44. The first-order valence-corrected chi connectivity index (χ1v) is 6.40. The van der Waals surface area contributed by atoms with Gasteiger partial charge in [-0.05, 0) is 23.6 Å². The van der Waals surface area contributed by atoms with Gasteiger partial charge in [0.25, 0.3) is 0 Å². The van der Waals surface area contributed by atoms with Crippen molar-refractivity contribution < 1.29 is 13.2 Å². The van der Waals surface area contributed by atoms with Crippen LogP contribution in [-0.2, 0) is 6.18 Å². The van der Waals surface area contributed by atoms with Crippen molar-refractivity contribution in [1.82, 2.24) is 4.98 Å². The molecule has 0 amide bonds. The fourth-order valence-corrected chi connectivity index (χ4v) is 2.93. The summed E-state index contributed by atoms with van der Waals surface area (Å²) in [5.74, 6) is 0. The number of nitriles is 1. The van der Waals surface area contributed by atoms with Gasteiger partial charge >= 0.3 is 6.18 Å². The van der Waals surface area contributed by atoms with E-state index < -0.39 is 11.9 Å². The van der Waals surface area contributed by atoms with Crippen LogP contribution >= 0.6 is 23.1 Å². The molecule has 0 saturated carbocycles. The van der Waals surface area contributed by atoms with Gasteiger partial charge in [0, 0.05) is 0 Å². The molecule has 92 valence electrons. The summed E-state index contributed by atoms with van der Waals surface area (Å²) in [6, 6.07) is 7.35. The maximum Gasteiger partial charge on any atom is 0.433 e. The third-order valence-corrected chi connectivity index (χ3v) is 4.01. The van der Waals surface area contributed by atoms with Gasteiger partial charge in [-0.15, -0.1) is 11.3 Å². The molecule has 0 fully saturated rings. The van der Waals surface area contributed by atoms with Gasteiger partial charge in [0.15, 0.2) is 0 Å². The van der Waals surface area contributed by atoms with Crippen LogP contribution in [0.2, 0.25) is 0 Å². The summed E-state index contributed by atoms with van der Waals surface area (Å²) in [6.07, 6.45) is -4.50. The molecule has 2 rings (SSSR count). The second kappa shape index (κ2) is 5.00. The number of nitrogens with zero attached hydrogens (tertiary/aromatic N) is 2. The maximum atomic E-state index is 12.5. The highest BCUT2D eigenvalue weighted by Gasteiger charge is 2.33. The lowest BCUT2D eigenvalue weighted by atomic mass is 10.2. The van der Waals surface area contributed by atoms with Gasteiger partial charge in [-0.2, -0.15) is 18.4 Å². The molecule has 2 heterocycles. The summed E-state index contributed by atoms with van der Waals surface area (Å²) in [7, 11) is 0. The van der Waals surface area contributed by atoms with Crippen LogP contribution in [0, 0.1) is 11.3 Å². The highest BCUT2D eigenvalue weighted by atomic mass is 32.2. The number of hydrogen-bond acceptors (Lipinski definition) is 4. The van der Waals surface area contributed by atoms with E-state index in [2.05, 4.69) is 4.98 Å². The van der Waals surface area contributed by atoms with E-state index in [1.54, 1.807) is 12.1 Å². The number of thiophene rings is 1. The number of halogens is 3. The van der Waals surface area contributed by atoms with E-state index in [1.807, 2.05) is 11.4 Å². The SMILES string of the molecule is N#Cc1ccc(C(F)(F)F)nc1Sc1cccs1. The Labute approximate surface area is 109 Å².